The number of hydrogen-bond donors (Lipinski definition) is 0. The number of rotatable bonds is 21. The molecule has 0 amide bonds. The van der Waals surface area contributed by atoms with Crippen LogP contribution in [0.25, 0.3) is 0 Å². The van der Waals surface area contributed by atoms with E-state index in [4.69, 9.17) is 0 Å². The molecule has 0 saturated heterocycles. The SMILES string of the molecule is CC/C=C/C=C/CC/C=C/CCCCCCCCCCCCCCCCC. The van der Waals surface area contributed by atoms with Crippen LogP contribution >= 0.6 is 0 Å². The molecule has 0 rings (SSSR count). The lowest BCUT2D eigenvalue weighted by atomic mass is 10.0. The second-order valence-electron chi connectivity index (χ2n) is 8.05. The van der Waals surface area contributed by atoms with Crippen LogP contribution in [0.5, 0.6) is 0 Å². The van der Waals surface area contributed by atoms with Crippen LogP contribution in [-0.4, -0.2) is 0 Å². The first-order valence-corrected chi connectivity index (χ1v) is 12.4. The van der Waals surface area contributed by atoms with E-state index in [1.807, 2.05) is 0 Å². The standard InChI is InChI=1S/C27H50/c1-3-5-7-9-11-13-15-17-19-21-23-25-27-26-24-22-20-18-16-14-12-10-8-6-4-2/h5,7,9,11,17,19H,3-4,6,8,10,12-16,18,20-27H2,1-2H3/b7-5+,11-9+,19-17+. The van der Waals surface area contributed by atoms with E-state index in [2.05, 4.69) is 50.3 Å². The third-order valence-corrected chi connectivity index (χ3v) is 5.26. The van der Waals surface area contributed by atoms with E-state index in [9.17, 15) is 0 Å². The molecule has 0 aromatic heterocycles. The molecule has 158 valence electrons. The lowest BCUT2D eigenvalue weighted by Crippen LogP contribution is -1.83. The Hall–Kier alpha value is -0.780. The second kappa shape index (κ2) is 25.2. The van der Waals surface area contributed by atoms with Crippen LogP contribution in [0, 0.1) is 0 Å². The van der Waals surface area contributed by atoms with E-state index < -0.39 is 0 Å². The summed E-state index contributed by atoms with van der Waals surface area (Å²) in [4.78, 5) is 0. The Labute approximate surface area is 172 Å². The molecule has 0 heterocycles. The van der Waals surface area contributed by atoms with Gasteiger partial charge in [0.25, 0.3) is 0 Å². The summed E-state index contributed by atoms with van der Waals surface area (Å²) in [6, 6.07) is 0. The van der Waals surface area contributed by atoms with Gasteiger partial charge in [-0.2, -0.15) is 0 Å². The molecule has 0 fully saturated rings. The molecule has 0 aliphatic carbocycles. The molecule has 0 aromatic carbocycles. The smallest absolute Gasteiger partial charge is 0.0313 e. The molecule has 0 aliphatic heterocycles. The summed E-state index contributed by atoms with van der Waals surface area (Å²) < 4.78 is 0. The molecule has 0 saturated carbocycles. The largest absolute Gasteiger partial charge is 0.0885 e. The minimum Gasteiger partial charge on any atom is -0.0885 e. The summed E-state index contributed by atoms with van der Waals surface area (Å²) in [5, 5.41) is 0. The summed E-state index contributed by atoms with van der Waals surface area (Å²) >= 11 is 0. The Balaban J connectivity index is 3.11. The van der Waals surface area contributed by atoms with Crippen molar-refractivity contribution in [1.82, 2.24) is 0 Å². The average molecular weight is 375 g/mol. The molecule has 0 unspecified atom stereocenters. The van der Waals surface area contributed by atoms with Crippen LogP contribution in [0.4, 0.5) is 0 Å². The lowest BCUT2D eigenvalue weighted by molar-refractivity contribution is 0.533. The number of hydrogen-bond acceptors (Lipinski definition) is 0. The van der Waals surface area contributed by atoms with Crippen molar-refractivity contribution >= 4 is 0 Å². The van der Waals surface area contributed by atoms with Crippen LogP contribution in [0.3, 0.4) is 0 Å². The maximum atomic E-state index is 2.39. The first-order chi connectivity index (χ1) is 13.4. The highest BCUT2D eigenvalue weighted by atomic mass is 14.0. The van der Waals surface area contributed by atoms with E-state index in [1.54, 1.807) is 0 Å². The van der Waals surface area contributed by atoms with Crippen molar-refractivity contribution < 1.29 is 0 Å². The summed E-state index contributed by atoms with van der Waals surface area (Å²) in [6.07, 6.45) is 40.0. The highest BCUT2D eigenvalue weighted by molar-refractivity contribution is 5.02. The minimum absolute atomic E-state index is 1.13. The van der Waals surface area contributed by atoms with Gasteiger partial charge in [0.2, 0.25) is 0 Å². The maximum Gasteiger partial charge on any atom is -0.0313 e. The Morgan fingerprint density at radius 1 is 0.370 bits per heavy atom. The van der Waals surface area contributed by atoms with Gasteiger partial charge in [-0.1, -0.05) is 140 Å². The minimum atomic E-state index is 1.13. The predicted molar refractivity (Wildman–Crippen MR) is 126 cm³/mol. The van der Waals surface area contributed by atoms with Crippen LogP contribution in [-0.2, 0) is 0 Å². The molecule has 0 nitrogen and oxygen atoms in total. The number of unbranched alkanes of at least 4 members (excludes halogenated alkanes) is 16. The first-order valence-electron chi connectivity index (χ1n) is 12.4. The van der Waals surface area contributed by atoms with Crippen molar-refractivity contribution in [2.75, 3.05) is 0 Å². The molecule has 0 N–H and O–H groups in total. The first kappa shape index (κ1) is 26.2. The zero-order valence-corrected chi connectivity index (χ0v) is 18.9. The summed E-state index contributed by atoms with van der Waals surface area (Å²) in [5.74, 6) is 0. The Morgan fingerprint density at radius 3 is 1.30 bits per heavy atom. The molecule has 0 spiro atoms. The van der Waals surface area contributed by atoms with Crippen molar-refractivity contribution in [2.45, 2.75) is 136 Å². The van der Waals surface area contributed by atoms with Gasteiger partial charge in [-0.05, 0) is 32.1 Å². The van der Waals surface area contributed by atoms with E-state index in [1.165, 1.54) is 116 Å². The lowest BCUT2D eigenvalue weighted by Gasteiger charge is -2.03. The predicted octanol–water partition coefficient (Wildman–Crippen LogP) is 10.1. The van der Waals surface area contributed by atoms with Gasteiger partial charge < -0.3 is 0 Å². The van der Waals surface area contributed by atoms with Gasteiger partial charge in [0.1, 0.15) is 0 Å². The zero-order valence-electron chi connectivity index (χ0n) is 18.9. The normalized spacial score (nSPS) is 12.2. The van der Waals surface area contributed by atoms with Gasteiger partial charge in [-0.15, -0.1) is 0 Å². The highest BCUT2D eigenvalue weighted by Crippen LogP contribution is 2.13. The van der Waals surface area contributed by atoms with Crippen LogP contribution < -0.4 is 0 Å². The highest BCUT2D eigenvalue weighted by Gasteiger charge is 1.94. The number of allylic oxidation sites excluding steroid dienone is 6. The molecule has 0 aromatic rings. The summed E-state index contributed by atoms with van der Waals surface area (Å²) in [6.45, 7) is 4.47. The van der Waals surface area contributed by atoms with Gasteiger partial charge in [-0.25, -0.2) is 0 Å². The molecule has 27 heavy (non-hydrogen) atoms. The molecule has 0 heteroatoms. The molecule has 0 atom stereocenters. The monoisotopic (exact) mass is 374 g/mol. The van der Waals surface area contributed by atoms with Crippen molar-refractivity contribution in [2.24, 2.45) is 0 Å². The molecule has 0 aliphatic rings. The van der Waals surface area contributed by atoms with Crippen LogP contribution in [0.2, 0.25) is 0 Å². The molecular formula is C27H50. The van der Waals surface area contributed by atoms with Crippen LogP contribution in [0.1, 0.15) is 136 Å². The molecule has 0 bridgehead atoms. The van der Waals surface area contributed by atoms with Crippen molar-refractivity contribution in [3.8, 4) is 0 Å². The summed E-state index contributed by atoms with van der Waals surface area (Å²) in [7, 11) is 0. The fourth-order valence-electron chi connectivity index (χ4n) is 3.45. The van der Waals surface area contributed by atoms with Gasteiger partial charge >= 0.3 is 0 Å². The van der Waals surface area contributed by atoms with Crippen molar-refractivity contribution in [1.29, 1.82) is 0 Å². The Kier molecular flexibility index (Phi) is 24.5. The van der Waals surface area contributed by atoms with Crippen LogP contribution in [0.15, 0.2) is 36.5 Å². The third kappa shape index (κ3) is 25.2. The van der Waals surface area contributed by atoms with E-state index in [0.717, 1.165) is 6.42 Å². The van der Waals surface area contributed by atoms with Gasteiger partial charge in [0, 0.05) is 0 Å². The molecule has 0 radical (unpaired) electrons. The second-order valence-corrected chi connectivity index (χ2v) is 8.05. The van der Waals surface area contributed by atoms with E-state index in [0.29, 0.717) is 0 Å². The molecular weight excluding hydrogens is 324 g/mol. The summed E-state index contributed by atoms with van der Waals surface area (Å²) in [5.41, 5.74) is 0. The third-order valence-electron chi connectivity index (χ3n) is 5.26. The van der Waals surface area contributed by atoms with Gasteiger partial charge in [0.15, 0.2) is 0 Å². The topological polar surface area (TPSA) is 0 Å². The zero-order chi connectivity index (χ0) is 19.7. The Morgan fingerprint density at radius 2 is 0.778 bits per heavy atom. The van der Waals surface area contributed by atoms with E-state index in [-0.39, 0.29) is 0 Å². The fraction of sp³-hybridized carbons (Fsp3) is 0.778. The maximum absolute atomic E-state index is 2.39. The van der Waals surface area contributed by atoms with Crippen molar-refractivity contribution in [3.05, 3.63) is 36.5 Å². The van der Waals surface area contributed by atoms with E-state index >= 15 is 0 Å². The average Bonchev–Trinajstić information content (AvgIpc) is 2.68. The Bertz CT molecular complexity index is 334. The quantitative estimate of drug-likeness (QED) is 0.106. The van der Waals surface area contributed by atoms with Gasteiger partial charge in [0.05, 0.1) is 0 Å². The fourth-order valence-corrected chi connectivity index (χ4v) is 3.45. The van der Waals surface area contributed by atoms with Gasteiger partial charge in [-0.3, -0.25) is 0 Å². The van der Waals surface area contributed by atoms with Crippen molar-refractivity contribution in [3.63, 3.8) is 0 Å².